The maximum absolute atomic E-state index is 12.8. The van der Waals surface area contributed by atoms with E-state index in [1.165, 1.54) is 16.8 Å². The highest BCUT2D eigenvalue weighted by molar-refractivity contribution is 7.99. The zero-order valence-electron chi connectivity index (χ0n) is 19.4. The van der Waals surface area contributed by atoms with Crippen molar-refractivity contribution in [3.63, 3.8) is 0 Å². The van der Waals surface area contributed by atoms with E-state index in [0.717, 1.165) is 61.5 Å². The Labute approximate surface area is 195 Å². The van der Waals surface area contributed by atoms with Crippen molar-refractivity contribution in [3.05, 3.63) is 58.3 Å². The van der Waals surface area contributed by atoms with Crippen molar-refractivity contribution in [3.8, 4) is 6.07 Å². The number of aromatic amines is 1. The number of carbonyl (C=O) groups is 1. The van der Waals surface area contributed by atoms with Crippen LogP contribution in [0.4, 0.5) is 5.82 Å². The number of unbranched alkanes of at least 4 members (excludes halogenated alkanes) is 1. The molecule has 0 atom stereocenters. The Hall–Kier alpha value is -2.52. The summed E-state index contributed by atoms with van der Waals surface area (Å²) in [5.74, 6) is 2.00. The molecular weight excluding hydrogens is 416 g/mol. The molecule has 0 bridgehead atoms. The average Bonchev–Trinajstić information content (AvgIpc) is 2.81. The molecule has 1 aromatic heterocycles. The smallest absolute Gasteiger partial charge is 0.293 e. The number of amides is 1. The Balaban J connectivity index is 1.61. The lowest BCUT2D eigenvalue weighted by atomic mass is 9.91. The summed E-state index contributed by atoms with van der Waals surface area (Å²) in [6, 6.07) is 12.0. The van der Waals surface area contributed by atoms with Crippen LogP contribution in [0.25, 0.3) is 0 Å². The normalized spacial score (nSPS) is 17.6. The first kappa shape index (κ1) is 22.7. The van der Waals surface area contributed by atoms with Gasteiger partial charge in [-0.2, -0.15) is 17.0 Å². The van der Waals surface area contributed by atoms with Crippen LogP contribution in [0.3, 0.4) is 0 Å². The number of nitriles is 1. The molecule has 5 nitrogen and oxygen atoms in total. The summed E-state index contributed by atoms with van der Waals surface area (Å²) < 4.78 is 0.139. The monoisotopic (exact) mass is 449 g/mol. The van der Waals surface area contributed by atoms with Crippen molar-refractivity contribution in [1.29, 1.82) is 5.26 Å². The van der Waals surface area contributed by atoms with Crippen LogP contribution >= 0.6 is 11.8 Å². The van der Waals surface area contributed by atoms with E-state index in [9.17, 15) is 10.1 Å². The molecule has 0 spiro atoms. The highest BCUT2D eigenvalue weighted by Gasteiger charge is 2.36. The topological polar surface area (TPSA) is 61.5 Å². The summed E-state index contributed by atoms with van der Waals surface area (Å²) in [6.45, 7) is 9.56. The highest BCUT2D eigenvalue weighted by atomic mass is 32.2. The quantitative estimate of drug-likeness (QED) is 0.685. The lowest BCUT2D eigenvalue weighted by Gasteiger charge is -2.34. The maximum Gasteiger partial charge on any atom is 0.293 e. The second-order valence-corrected chi connectivity index (χ2v) is 11.1. The average molecular weight is 450 g/mol. The zero-order valence-corrected chi connectivity index (χ0v) is 20.2. The van der Waals surface area contributed by atoms with E-state index in [-0.39, 0.29) is 10.7 Å². The number of nitrogens with zero attached hydrogens (tertiary/aromatic N) is 3. The van der Waals surface area contributed by atoms with Crippen LogP contribution in [0.2, 0.25) is 0 Å². The summed E-state index contributed by atoms with van der Waals surface area (Å²) in [7, 11) is 0. The minimum atomic E-state index is 0.0857. The van der Waals surface area contributed by atoms with Crippen LogP contribution in [0.5, 0.6) is 0 Å². The second kappa shape index (κ2) is 9.54. The van der Waals surface area contributed by atoms with Crippen molar-refractivity contribution >= 4 is 23.5 Å². The van der Waals surface area contributed by atoms with Gasteiger partial charge in [0.2, 0.25) is 0 Å². The molecule has 2 aromatic rings. The number of carbonyl (C=O) groups excluding carboxylic acids is 1. The number of piperazine rings is 1. The molecule has 168 valence electrons. The van der Waals surface area contributed by atoms with Gasteiger partial charge in [-0.15, -0.1) is 0 Å². The Morgan fingerprint density at radius 3 is 2.53 bits per heavy atom. The molecule has 0 aliphatic carbocycles. The molecule has 0 unspecified atom stereocenters. The van der Waals surface area contributed by atoms with E-state index >= 15 is 0 Å². The number of nitrogens with one attached hydrogen (secondary N) is 1. The van der Waals surface area contributed by atoms with Crippen molar-refractivity contribution in [2.45, 2.75) is 57.0 Å². The van der Waals surface area contributed by atoms with Gasteiger partial charge in [-0.25, -0.2) is 4.98 Å². The molecule has 32 heavy (non-hydrogen) atoms. The maximum atomic E-state index is 12.8. The van der Waals surface area contributed by atoms with Gasteiger partial charge < -0.3 is 4.90 Å². The van der Waals surface area contributed by atoms with Gasteiger partial charge in [0.15, 0.2) is 0 Å². The number of hydrogen-bond donors (Lipinski definition) is 0. The Morgan fingerprint density at radius 2 is 1.88 bits per heavy atom. The summed E-state index contributed by atoms with van der Waals surface area (Å²) in [5.41, 5.74) is 5.42. The summed E-state index contributed by atoms with van der Waals surface area (Å²) >= 11 is 1.99. The van der Waals surface area contributed by atoms with Crippen LogP contribution in [0.15, 0.2) is 30.3 Å². The largest absolute Gasteiger partial charge is 0.331 e. The zero-order chi connectivity index (χ0) is 22.7. The van der Waals surface area contributed by atoms with Crippen LogP contribution in [-0.4, -0.2) is 41.7 Å². The van der Waals surface area contributed by atoms with Crippen molar-refractivity contribution in [2.75, 3.05) is 31.1 Å². The number of benzene rings is 1. The van der Waals surface area contributed by atoms with Crippen molar-refractivity contribution in [1.82, 2.24) is 4.90 Å². The summed E-state index contributed by atoms with van der Waals surface area (Å²) in [4.78, 5) is 20.7. The van der Waals surface area contributed by atoms with Crippen LogP contribution in [0.1, 0.15) is 66.4 Å². The number of pyridine rings is 1. The van der Waals surface area contributed by atoms with Crippen LogP contribution in [0, 0.1) is 11.3 Å². The summed E-state index contributed by atoms with van der Waals surface area (Å²) in [6.07, 6.45) is 4.23. The number of H-pyrrole nitrogens is 1. The number of aryl methyl sites for hydroxylation is 1. The van der Waals surface area contributed by atoms with E-state index in [1.54, 1.807) is 0 Å². The molecule has 0 radical (unpaired) electrons. The minimum Gasteiger partial charge on any atom is -0.331 e. The van der Waals surface area contributed by atoms with E-state index in [4.69, 9.17) is 0 Å². The van der Waals surface area contributed by atoms with Crippen LogP contribution in [-0.2, 0) is 18.6 Å². The van der Waals surface area contributed by atoms with E-state index < -0.39 is 0 Å². The third-order valence-corrected chi connectivity index (χ3v) is 7.90. The molecule has 0 saturated carbocycles. The van der Waals surface area contributed by atoms with Gasteiger partial charge in [-0.3, -0.25) is 9.69 Å². The van der Waals surface area contributed by atoms with Crippen molar-refractivity contribution in [2.24, 2.45) is 0 Å². The van der Waals surface area contributed by atoms with E-state index in [0.29, 0.717) is 13.1 Å². The molecule has 4 rings (SSSR count). The Bertz CT molecular complexity index is 1020. The lowest BCUT2D eigenvalue weighted by Crippen LogP contribution is -2.50. The molecule has 1 fully saturated rings. The SMILES string of the molecule is CCCCc1[nH+]c(N2CCN(C(=O)c3ccccc3)CC2)c(C#N)c2c1CSC(C)(C)C2. The van der Waals surface area contributed by atoms with Gasteiger partial charge in [-0.1, -0.05) is 45.4 Å². The van der Waals surface area contributed by atoms with E-state index in [2.05, 4.69) is 36.7 Å². The number of thioether (sulfide) groups is 1. The Kier molecular flexibility index (Phi) is 6.76. The van der Waals surface area contributed by atoms with Gasteiger partial charge in [0.25, 0.3) is 11.7 Å². The third-order valence-electron chi connectivity index (χ3n) is 6.54. The molecule has 3 heterocycles. The third kappa shape index (κ3) is 4.63. The minimum absolute atomic E-state index is 0.0857. The fourth-order valence-corrected chi connectivity index (χ4v) is 5.82. The first-order valence-corrected chi connectivity index (χ1v) is 12.7. The second-order valence-electron chi connectivity index (χ2n) is 9.37. The fraction of sp³-hybridized carbons (Fsp3) is 0.500. The lowest BCUT2D eigenvalue weighted by molar-refractivity contribution is -0.378. The van der Waals surface area contributed by atoms with Gasteiger partial charge in [0, 0.05) is 28.0 Å². The molecule has 1 aromatic carbocycles. The highest BCUT2D eigenvalue weighted by Crippen LogP contribution is 2.41. The van der Waals surface area contributed by atoms with E-state index in [1.807, 2.05) is 47.0 Å². The first-order valence-electron chi connectivity index (χ1n) is 11.7. The molecule has 1 N–H and O–H groups in total. The predicted octanol–water partition coefficient (Wildman–Crippen LogP) is 4.25. The van der Waals surface area contributed by atoms with Gasteiger partial charge in [-0.05, 0) is 30.5 Å². The number of rotatable bonds is 5. The first-order chi connectivity index (χ1) is 15.4. The summed E-state index contributed by atoms with van der Waals surface area (Å²) in [5, 5.41) is 10.2. The number of hydrogen-bond acceptors (Lipinski definition) is 4. The number of anilines is 1. The molecule has 2 aliphatic heterocycles. The van der Waals surface area contributed by atoms with Gasteiger partial charge in [0.05, 0.1) is 13.1 Å². The number of fused-ring (bicyclic) bond motifs is 1. The molecule has 1 saturated heterocycles. The molecule has 6 heteroatoms. The molecular formula is C26H33N4OS+. The van der Waals surface area contributed by atoms with Gasteiger partial charge in [0.1, 0.15) is 30.4 Å². The van der Waals surface area contributed by atoms with Crippen LogP contribution < -0.4 is 9.88 Å². The Morgan fingerprint density at radius 1 is 1.16 bits per heavy atom. The number of aromatic nitrogens is 1. The molecule has 1 amide bonds. The predicted molar refractivity (Wildman–Crippen MR) is 130 cm³/mol. The van der Waals surface area contributed by atoms with Gasteiger partial charge >= 0.3 is 0 Å². The molecule has 2 aliphatic rings. The standard InChI is InChI=1S/C26H32N4OS/c1-4-5-11-23-22-18-32-26(2,3)16-20(22)21(17-27)24(28-23)29-12-14-30(15-13-29)25(31)19-9-7-6-8-10-19/h6-10H,4-5,11-16,18H2,1-3H3/p+1. The fourth-order valence-electron chi connectivity index (χ4n) is 4.69. The van der Waals surface area contributed by atoms with Crippen molar-refractivity contribution < 1.29 is 9.78 Å².